The first-order valence-electron chi connectivity index (χ1n) is 8.94. The Morgan fingerprint density at radius 2 is 1.84 bits per heavy atom. The molecule has 25 heavy (non-hydrogen) atoms. The van der Waals surface area contributed by atoms with E-state index >= 15 is 0 Å². The van der Waals surface area contributed by atoms with Crippen LogP contribution < -0.4 is 5.63 Å². The van der Waals surface area contributed by atoms with Gasteiger partial charge in [0.1, 0.15) is 11.3 Å². The van der Waals surface area contributed by atoms with Crippen LogP contribution in [0.5, 0.6) is 5.75 Å². The van der Waals surface area contributed by atoms with Crippen LogP contribution in [-0.4, -0.2) is 48.1 Å². The lowest BCUT2D eigenvalue weighted by atomic mass is 9.90. The maximum atomic E-state index is 12.5. The zero-order valence-electron chi connectivity index (χ0n) is 14.5. The lowest BCUT2D eigenvalue weighted by molar-refractivity contribution is 0.147. The average Bonchev–Trinajstić information content (AvgIpc) is 2.62. The van der Waals surface area contributed by atoms with Crippen LogP contribution in [0.4, 0.5) is 0 Å². The molecular formula is C19H23ClN2O3. The highest BCUT2D eigenvalue weighted by atomic mass is 35.5. The molecule has 4 rings (SSSR count). The van der Waals surface area contributed by atoms with Crippen LogP contribution in [0.15, 0.2) is 15.3 Å². The summed E-state index contributed by atoms with van der Waals surface area (Å²) in [5, 5.41) is 11.8. The van der Waals surface area contributed by atoms with E-state index in [1.807, 2.05) is 0 Å². The van der Waals surface area contributed by atoms with Gasteiger partial charge in [0.15, 0.2) is 0 Å². The van der Waals surface area contributed by atoms with Crippen molar-refractivity contribution < 1.29 is 9.52 Å². The molecule has 1 aliphatic carbocycles. The summed E-state index contributed by atoms with van der Waals surface area (Å²) >= 11 is 6.32. The number of hydrogen-bond donors (Lipinski definition) is 1. The quantitative estimate of drug-likeness (QED) is 0.832. The number of phenolic OH excluding ortho intramolecular Hbond substituents is 1. The minimum absolute atomic E-state index is 0.0343. The maximum Gasteiger partial charge on any atom is 0.339 e. The molecule has 2 heterocycles. The Labute approximate surface area is 151 Å². The molecule has 0 unspecified atom stereocenters. The van der Waals surface area contributed by atoms with Crippen LogP contribution in [0.2, 0.25) is 5.02 Å². The summed E-state index contributed by atoms with van der Waals surface area (Å²) in [5.41, 5.74) is 2.72. The molecule has 5 nitrogen and oxygen atoms in total. The van der Waals surface area contributed by atoms with E-state index in [2.05, 4.69) is 16.8 Å². The van der Waals surface area contributed by atoms with Gasteiger partial charge in [0.05, 0.1) is 10.6 Å². The average molecular weight is 363 g/mol. The number of aryl methyl sites for hydroxylation is 1. The predicted molar refractivity (Wildman–Crippen MR) is 98.6 cm³/mol. The Kier molecular flexibility index (Phi) is 4.48. The maximum absolute atomic E-state index is 12.5. The highest BCUT2D eigenvalue weighted by Gasteiger charge is 2.24. The molecule has 0 amide bonds. The van der Waals surface area contributed by atoms with Gasteiger partial charge in [-0.05, 0) is 44.4 Å². The Morgan fingerprint density at radius 1 is 1.16 bits per heavy atom. The number of phenols is 1. The Hall–Kier alpha value is -1.56. The van der Waals surface area contributed by atoms with E-state index < -0.39 is 0 Å². The van der Waals surface area contributed by atoms with Crippen molar-refractivity contribution in [2.24, 2.45) is 0 Å². The molecule has 0 atom stereocenters. The molecule has 0 saturated carbocycles. The van der Waals surface area contributed by atoms with E-state index in [0.717, 1.165) is 68.4 Å². The lowest BCUT2D eigenvalue weighted by Gasteiger charge is -2.32. The van der Waals surface area contributed by atoms with Crippen molar-refractivity contribution in [2.75, 3.05) is 33.2 Å². The van der Waals surface area contributed by atoms with E-state index in [0.29, 0.717) is 22.7 Å². The van der Waals surface area contributed by atoms with Crippen molar-refractivity contribution in [3.8, 4) is 5.75 Å². The van der Waals surface area contributed by atoms with Crippen LogP contribution in [0.1, 0.15) is 29.5 Å². The van der Waals surface area contributed by atoms with Gasteiger partial charge in [-0.2, -0.15) is 0 Å². The highest BCUT2D eigenvalue weighted by Crippen LogP contribution is 2.38. The van der Waals surface area contributed by atoms with Crippen LogP contribution in [0, 0.1) is 0 Å². The van der Waals surface area contributed by atoms with Gasteiger partial charge in [-0.25, -0.2) is 4.79 Å². The number of piperazine rings is 1. The van der Waals surface area contributed by atoms with Crippen LogP contribution in [0.25, 0.3) is 11.0 Å². The second-order valence-corrected chi connectivity index (χ2v) is 7.60. The molecule has 1 aromatic heterocycles. The molecule has 1 saturated heterocycles. The molecule has 0 radical (unpaired) electrons. The third-order valence-corrected chi connectivity index (χ3v) is 5.80. The first-order chi connectivity index (χ1) is 12.0. The molecule has 6 heteroatoms. The molecule has 0 spiro atoms. The summed E-state index contributed by atoms with van der Waals surface area (Å²) in [6.45, 7) is 4.34. The van der Waals surface area contributed by atoms with Gasteiger partial charge in [-0.1, -0.05) is 11.6 Å². The molecule has 134 valence electrons. The van der Waals surface area contributed by atoms with Crippen LogP contribution in [0.3, 0.4) is 0 Å². The minimum Gasteiger partial charge on any atom is -0.506 e. The van der Waals surface area contributed by atoms with Gasteiger partial charge < -0.3 is 14.4 Å². The summed E-state index contributed by atoms with van der Waals surface area (Å²) in [4.78, 5) is 17.0. The first-order valence-corrected chi connectivity index (χ1v) is 9.32. The van der Waals surface area contributed by atoms with Gasteiger partial charge in [0.25, 0.3) is 0 Å². The van der Waals surface area contributed by atoms with Gasteiger partial charge >= 0.3 is 5.63 Å². The van der Waals surface area contributed by atoms with Gasteiger partial charge in [0, 0.05) is 43.7 Å². The number of nitrogens with zero attached hydrogens (tertiary/aromatic N) is 2. The lowest BCUT2D eigenvalue weighted by Crippen LogP contribution is -2.43. The number of aromatic hydroxyl groups is 1. The topological polar surface area (TPSA) is 56.9 Å². The molecule has 1 aliphatic heterocycles. The van der Waals surface area contributed by atoms with E-state index in [-0.39, 0.29) is 11.4 Å². The predicted octanol–water partition coefficient (Wildman–Crippen LogP) is 2.78. The zero-order chi connectivity index (χ0) is 17.6. The van der Waals surface area contributed by atoms with E-state index in [1.165, 1.54) is 0 Å². The zero-order valence-corrected chi connectivity index (χ0v) is 15.2. The summed E-state index contributed by atoms with van der Waals surface area (Å²) in [5.74, 6) is 0.0343. The van der Waals surface area contributed by atoms with Gasteiger partial charge in [-0.15, -0.1) is 0 Å². The highest BCUT2D eigenvalue weighted by molar-refractivity contribution is 6.33. The van der Waals surface area contributed by atoms with Gasteiger partial charge in [0.2, 0.25) is 0 Å². The molecule has 2 aliphatic rings. The number of rotatable bonds is 2. The van der Waals surface area contributed by atoms with E-state index in [4.69, 9.17) is 16.0 Å². The Balaban J connectivity index is 1.84. The summed E-state index contributed by atoms with van der Waals surface area (Å²) in [6, 6.07) is 1.76. The summed E-state index contributed by atoms with van der Waals surface area (Å²) in [6.07, 6.45) is 3.72. The third-order valence-electron chi connectivity index (χ3n) is 5.51. The van der Waals surface area contributed by atoms with Crippen molar-refractivity contribution in [3.05, 3.63) is 38.2 Å². The van der Waals surface area contributed by atoms with Crippen molar-refractivity contribution in [2.45, 2.75) is 32.2 Å². The normalized spacial score (nSPS) is 19.3. The monoisotopic (exact) mass is 362 g/mol. The fourth-order valence-corrected chi connectivity index (χ4v) is 4.20. The molecular weight excluding hydrogens is 340 g/mol. The van der Waals surface area contributed by atoms with Crippen molar-refractivity contribution in [1.29, 1.82) is 0 Å². The van der Waals surface area contributed by atoms with Crippen LogP contribution in [-0.2, 0) is 19.4 Å². The largest absolute Gasteiger partial charge is 0.506 e. The standard InChI is InChI=1S/C19H23ClN2O3/c1-21-6-8-22(9-7-21)11-15-17(23)16(20)10-14-12-4-2-3-5-13(12)19(24)25-18(14)15/h10,23H,2-9,11H2,1H3. The Morgan fingerprint density at radius 3 is 2.56 bits per heavy atom. The summed E-state index contributed by atoms with van der Waals surface area (Å²) in [7, 11) is 2.11. The molecule has 2 aromatic rings. The Bertz CT molecular complexity index is 869. The second-order valence-electron chi connectivity index (χ2n) is 7.20. The van der Waals surface area contributed by atoms with E-state index in [9.17, 15) is 9.90 Å². The van der Waals surface area contributed by atoms with Gasteiger partial charge in [-0.3, -0.25) is 4.90 Å². The second kappa shape index (κ2) is 6.63. The first kappa shape index (κ1) is 16.9. The number of likely N-dealkylation sites (N-methyl/N-ethyl adjacent to an activating group) is 1. The molecule has 0 bridgehead atoms. The SMILES string of the molecule is CN1CCN(Cc2c(O)c(Cl)cc3c4c(c(=O)oc23)CCCC4)CC1. The van der Waals surface area contributed by atoms with Crippen molar-refractivity contribution in [1.82, 2.24) is 9.80 Å². The number of hydrogen-bond acceptors (Lipinski definition) is 5. The third kappa shape index (κ3) is 3.05. The number of halogens is 1. The smallest absolute Gasteiger partial charge is 0.339 e. The van der Waals surface area contributed by atoms with Crippen LogP contribution >= 0.6 is 11.6 Å². The summed E-state index contributed by atoms with van der Waals surface area (Å²) < 4.78 is 5.68. The fourth-order valence-electron chi connectivity index (χ4n) is 3.97. The fraction of sp³-hybridized carbons (Fsp3) is 0.526. The minimum atomic E-state index is -0.261. The molecule has 1 N–H and O–H groups in total. The molecule has 1 aromatic carbocycles. The number of fused-ring (bicyclic) bond motifs is 3. The van der Waals surface area contributed by atoms with Crippen molar-refractivity contribution >= 4 is 22.6 Å². The number of benzene rings is 1. The van der Waals surface area contributed by atoms with Crippen molar-refractivity contribution in [3.63, 3.8) is 0 Å². The molecule has 1 fully saturated rings. The van der Waals surface area contributed by atoms with E-state index in [1.54, 1.807) is 6.07 Å².